The topological polar surface area (TPSA) is 261 Å². The summed E-state index contributed by atoms with van der Waals surface area (Å²) < 4.78 is 31.3. The van der Waals surface area contributed by atoms with Gasteiger partial charge in [0.25, 0.3) is 0 Å². The molecule has 23 nitrogen and oxygen atoms in total. The van der Waals surface area contributed by atoms with Gasteiger partial charge < -0.3 is 67.0 Å². The monoisotopic (exact) mass is 1340 g/mol. The minimum absolute atomic E-state index is 0.0118. The van der Waals surface area contributed by atoms with E-state index in [9.17, 15) is 33.6 Å². The lowest BCUT2D eigenvalue weighted by Gasteiger charge is -2.48. The fourth-order valence-corrected chi connectivity index (χ4v) is 16.3. The molecule has 7 heterocycles. The van der Waals surface area contributed by atoms with Gasteiger partial charge in [0.1, 0.15) is 41.7 Å². The van der Waals surface area contributed by atoms with Crippen molar-refractivity contribution in [3.05, 3.63) is 77.1 Å². The Hall–Kier alpha value is -7.09. The minimum Gasteiger partial charge on any atom is -0.370 e. The van der Waals surface area contributed by atoms with Crippen molar-refractivity contribution in [1.82, 2.24) is 66.8 Å². The number of fused-ring (bicyclic) bond motifs is 2. The molecule has 1 saturated carbocycles. The number of amides is 7. The van der Waals surface area contributed by atoms with E-state index < -0.39 is 41.3 Å². The van der Waals surface area contributed by atoms with Gasteiger partial charge in [0, 0.05) is 128 Å². The zero-order valence-electron chi connectivity index (χ0n) is 57.7. The van der Waals surface area contributed by atoms with E-state index in [1.165, 1.54) is 24.0 Å². The van der Waals surface area contributed by atoms with Gasteiger partial charge in [0.2, 0.25) is 41.4 Å². The average molecular weight is 1350 g/mol. The Morgan fingerprint density at radius 2 is 1.42 bits per heavy atom. The van der Waals surface area contributed by atoms with Crippen LogP contribution >= 0.6 is 0 Å². The van der Waals surface area contributed by atoms with E-state index in [2.05, 4.69) is 92.0 Å². The van der Waals surface area contributed by atoms with Crippen LogP contribution in [-0.4, -0.2) is 212 Å². The summed E-state index contributed by atoms with van der Waals surface area (Å²) >= 11 is 0. The Labute approximate surface area is 571 Å². The number of hydrogen-bond donors (Lipinski definition) is 8. The van der Waals surface area contributed by atoms with Crippen LogP contribution in [-0.2, 0) is 46.5 Å². The van der Waals surface area contributed by atoms with E-state index in [0.29, 0.717) is 101 Å². The highest BCUT2D eigenvalue weighted by molar-refractivity contribution is 5.94. The van der Waals surface area contributed by atoms with E-state index >= 15 is 8.78 Å². The van der Waals surface area contributed by atoms with Gasteiger partial charge >= 0.3 is 0 Å². The summed E-state index contributed by atoms with van der Waals surface area (Å²) in [5.74, 6) is -0.0908. The van der Waals surface area contributed by atoms with Gasteiger partial charge in [0.15, 0.2) is 0 Å². The lowest BCUT2D eigenvalue weighted by atomic mass is 9.82. The van der Waals surface area contributed by atoms with Crippen LogP contribution in [0.3, 0.4) is 0 Å². The van der Waals surface area contributed by atoms with Crippen molar-refractivity contribution >= 4 is 58.7 Å². The van der Waals surface area contributed by atoms with Crippen molar-refractivity contribution in [3.63, 3.8) is 0 Å². The second-order valence-corrected chi connectivity index (χ2v) is 29.9. The Balaban J connectivity index is 0.543. The number of nitrogens with one attached hydrogen (secondary N) is 8. The van der Waals surface area contributed by atoms with Gasteiger partial charge in [-0.3, -0.25) is 38.5 Å². The fraction of sp³-hybridized carbons (Fsp3) is 0.681. The first-order valence-electron chi connectivity index (χ1n) is 36.3. The molecule has 0 unspecified atom stereocenters. The molecule has 97 heavy (non-hydrogen) atoms. The molecule has 6 aliphatic heterocycles. The number of nitrogens with zero attached hydrogens (tertiary/aromatic N) is 8. The molecule has 8 aliphatic rings. The fourth-order valence-electron chi connectivity index (χ4n) is 16.3. The van der Waals surface area contributed by atoms with Crippen LogP contribution in [0.5, 0.6) is 0 Å². The summed E-state index contributed by atoms with van der Waals surface area (Å²) in [5, 5.41) is 25.0. The normalized spacial score (nSPS) is 24.2. The molecule has 25 heteroatoms. The van der Waals surface area contributed by atoms with Crippen molar-refractivity contribution < 1.29 is 42.3 Å². The molecule has 8 N–H and O–H groups in total. The number of aromatic nitrogens is 2. The molecule has 6 saturated heterocycles. The van der Waals surface area contributed by atoms with Crippen LogP contribution in [0, 0.1) is 34.8 Å². The number of likely N-dealkylation sites (tertiary alicyclic amines) is 4. The summed E-state index contributed by atoms with van der Waals surface area (Å²) in [6.07, 6.45) is 14.1. The first kappa shape index (κ1) is 71.2. The maximum Gasteiger partial charge on any atom is 0.246 e. The first-order valence-corrected chi connectivity index (χ1v) is 36.3. The predicted molar refractivity (Wildman–Crippen MR) is 368 cm³/mol. The number of halogens is 2. The lowest BCUT2D eigenvalue weighted by Crippen LogP contribution is -2.66. The number of likely N-dealkylation sites (N-methyl/N-ethyl adjacent to an activating group) is 1. The van der Waals surface area contributed by atoms with Crippen molar-refractivity contribution in [1.29, 1.82) is 0 Å². The molecule has 0 radical (unpaired) electrons. The SMILES string of the molecule is CN[C@@H](C)C(=O)N[C@H](C(=O)N1C[C@@H](NC(=O)CCC(=O)NCCCN2C[C@@H]3CN(CCC(=O)NCCCNc4cc(N5CCC6(CC5)CN(c5cc(F)c(CN7CCC(C)(C)CC7)cc5F)CC(=O)N6)ncn4)C[C@@H]3C2)C[C@H]1C(=O)N[C@H]1CCCc2ccccc21)C1CCCCC1. The molecule has 2 aromatic carbocycles. The van der Waals surface area contributed by atoms with Gasteiger partial charge in [-0.25, -0.2) is 18.7 Å². The second-order valence-electron chi connectivity index (χ2n) is 29.9. The van der Waals surface area contributed by atoms with E-state index in [1.807, 2.05) is 24.3 Å². The number of rotatable bonds is 27. The van der Waals surface area contributed by atoms with Gasteiger partial charge in [0.05, 0.1) is 29.9 Å². The van der Waals surface area contributed by atoms with Crippen LogP contribution in [0.25, 0.3) is 0 Å². The summed E-state index contributed by atoms with van der Waals surface area (Å²) in [6.45, 7) is 17.0. The van der Waals surface area contributed by atoms with Gasteiger partial charge in [-0.05, 0) is 151 Å². The molecule has 1 aromatic heterocycles. The largest absolute Gasteiger partial charge is 0.370 e. The quantitative estimate of drug-likeness (QED) is 0.0479. The third-order valence-electron chi connectivity index (χ3n) is 22.3. The van der Waals surface area contributed by atoms with Crippen molar-refractivity contribution in [2.75, 3.05) is 127 Å². The van der Waals surface area contributed by atoms with Crippen LogP contribution < -0.4 is 52.3 Å². The molecular formula is C72H106F2N16O7. The van der Waals surface area contributed by atoms with E-state index in [0.717, 1.165) is 128 Å². The first-order chi connectivity index (χ1) is 46.8. The maximum absolute atomic E-state index is 15.8. The summed E-state index contributed by atoms with van der Waals surface area (Å²) in [6, 6.07) is 9.74. The smallest absolute Gasteiger partial charge is 0.246 e. The number of carbonyl (C=O) groups is 7. The van der Waals surface area contributed by atoms with Crippen LogP contribution in [0.15, 0.2) is 48.8 Å². The summed E-state index contributed by atoms with van der Waals surface area (Å²) in [7, 11) is 1.70. The summed E-state index contributed by atoms with van der Waals surface area (Å²) in [5.41, 5.74) is 2.42. The minimum atomic E-state index is -0.851. The zero-order valence-corrected chi connectivity index (χ0v) is 57.7. The number of anilines is 3. The van der Waals surface area contributed by atoms with Crippen LogP contribution in [0.1, 0.15) is 153 Å². The predicted octanol–water partition coefficient (Wildman–Crippen LogP) is 4.76. The third kappa shape index (κ3) is 18.8. The number of piperazine rings is 1. The molecule has 7 amide bonds. The van der Waals surface area contributed by atoms with Crippen molar-refractivity contribution in [2.45, 2.75) is 179 Å². The van der Waals surface area contributed by atoms with Gasteiger partial charge in [-0.1, -0.05) is 57.4 Å². The van der Waals surface area contributed by atoms with E-state index in [4.69, 9.17) is 0 Å². The second kappa shape index (κ2) is 32.7. The molecule has 0 bridgehead atoms. The van der Waals surface area contributed by atoms with E-state index in [-0.39, 0.29) is 96.8 Å². The highest BCUT2D eigenvalue weighted by Crippen LogP contribution is 2.37. The highest BCUT2D eigenvalue weighted by atomic mass is 19.1. The highest BCUT2D eigenvalue weighted by Gasteiger charge is 2.47. The standard InChI is InChI=1S/C72H106F2N16O7/c1-48(75-4)68(95)83-67(50-14-6-5-7-15-50)70(97)90-44-54(36-60(90)69(96)82-58-18-10-16-49-13-8-9-17-55(49)58)81-65(93)20-19-63(91)78-28-12-29-86-40-52-42-87(43-53(52)41-86)30-21-64(92)77-27-11-26-76-61-38-62(80-47-79-61)88-33-24-72(25-34-88)46-89(45-66(94)84-72)59-37-56(73)51(35-57(59)74)39-85-31-22-71(2,3)23-32-85/h8-9,13,17,35,37-38,47-48,50,52-54,58,60,67,75H,5-7,10-12,14-16,18-34,36,39-46H2,1-4H3,(H,77,92)(H,78,91)(H,81,93)(H,82,96)(H,83,95)(H,84,94)(H,76,79,80)/t48-,52-,53+,54-,58-,60-,67-/m0/s1. The van der Waals surface area contributed by atoms with Gasteiger partial charge in [-0.15, -0.1) is 0 Å². The zero-order chi connectivity index (χ0) is 68.2. The Kier molecular flexibility index (Phi) is 24.0. The molecule has 2 aliphatic carbocycles. The van der Waals surface area contributed by atoms with E-state index in [1.54, 1.807) is 23.8 Å². The number of benzene rings is 2. The van der Waals surface area contributed by atoms with Crippen LogP contribution in [0.2, 0.25) is 0 Å². The molecule has 11 rings (SSSR count). The van der Waals surface area contributed by atoms with Gasteiger partial charge in [-0.2, -0.15) is 0 Å². The molecular weight excluding hydrogens is 1240 g/mol. The number of carbonyl (C=O) groups excluding carboxylic acids is 7. The van der Waals surface area contributed by atoms with Crippen molar-refractivity contribution in [2.24, 2.45) is 23.2 Å². The number of hydrogen-bond acceptors (Lipinski definition) is 16. The number of piperidine rings is 2. The lowest BCUT2D eigenvalue weighted by molar-refractivity contribution is -0.143. The molecule has 3 aromatic rings. The Morgan fingerprint density at radius 3 is 2.16 bits per heavy atom. The van der Waals surface area contributed by atoms with Crippen LogP contribution in [0.4, 0.5) is 26.1 Å². The Bertz CT molecular complexity index is 3230. The molecule has 530 valence electrons. The molecule has 7 fully saturated rings. The van der Waals surface area contributed by atoms with Crippen molar-refractivity contribution in [3.8, 4) is 0 Å². The maximum atomic E-state index is 15.8. The summed E-state index contributed by atoms with van der Waals surface area (Å²) in [4.78, 5) is 116. The average Bonchev–Trinajstić information content (AvgIpc) is 1.38. The Morgan fingerprint density at radius 1 is 0.722 bits per heavy atom. The number of aryl methyl sites for hydroxylation is 1. The molecule has 1 spiro atoms. The molecule has 7 atom stereocenters. The third-order valence-corrected chi connectivity index (χ3v) is 22.3.